The van der Waals surface area contributed by atoms with Crippen molar-refractivity contribution in [2.24, 2.45) is 11.5 Å². The minimum atomic E-state index is -0.232. The summed E-state index contributed by atoms with van der Waals surface area (Å²) in [7, 11) is 0. The van der Waals surface area contributed by atoms with Crippen LogP contribution >= 0.6 is 0 Å². The molecule has 0 spiro atoms. The second kappa shape index (κ2) is 21.8. The summed E-state index contributed by atoms with van der Waals surface area (Å²) in [6, 6.07) is 7.20. The third kappa shape index (κ3) is 18.1. The first-order valence-electron chi connectivity index (χ1n) is 11.0. The Morgan fingerprint density at radius 3 is 1.61 bits per heavy atom. The Labute approximate surface area is 196 Å². The van der Waals surface area contributed by atoms with E-state index in [9.17, 15) is 4.79 Å². The molecule has 1 rings (SSSR count). The Hall–Kier alpha value is -2.07. The Bertz CT molecular complexity index is 662. The first-order chi connectivity index (χ1) is 16.3. The highest BCUT2D eigenvalue weighted by Gasteiger charge is 2.02. The van der Waals surface area contributed by atoms with Crippen LogP contribution in [-0.4, -0.2) is 98.3 Å². The molecule has 33 heavy (non-hydrogen) atoms. The van der Waals surface area contributed by atoms with Crippen molar-refractivity contribution in [1.29, 1.82) is 0 Å². The van der Waals surface area contributed by atoms with Gasteiger partial charge in [0.05, 0.1) is 79.2 Å². The maximum atomic E-state index is 11.9. The monoisotopic (exact) mass is 467 g/mol. The molecule has 10 nitrogen and oxygen atoms in total. The number of hydrogen-bond acceptors (Lipinski definition) is 9. The van der Waals surface area contributed by atoms with Crippen molar-refractivity contribution in [1.82, 2.24) is 0 Å². The van der Waals surface area contributed by atoms with Crippen molar-refractivity contribution in [3.8, 4) is 11.8 Å². The van der Waals surface area contributed by atoms with E-state index in [1.54, 1.807) is 12.1 Å². The quantitative estimate of drug-likeness (QED) is 0.179. The number of benzene rings is 1. The van der Waals surface area contributed by atoms with Crippen LogP contribution in [0.3, 0.4) is 0 Å². The van der Waals surface area contributed by atoms with Crippen LogP contribution in [0.5, 0.6) is 0 Å². The van der Waals surface area contributed by atoms with E-state index < -0.39 is 0 Å². The number of nitrogens with one attached hydrogen (secondary N) is 1. The normalized spacial score (nSPS) is 10.6. The summed E-state index contributed by atoms with van der Waals surface area (Å²) in [5, 5.41) is 2.76. The summed E-state index contributed by atoms with van der Waals surface area (Å²) in [5.41, 5.74) is 12.2. The maximum absolute atomic E-state index is 11.9. The molecule has 0 fully saturated rings. The molecule has 10 heteroatoms. The van der Waals surface area contributed by atoms with E-state index in [1.807, 2.05) is 12.1 Å². The maximum Gasteiger partial charge on any atom is 0.250 e. The minimum absolute atomic E-state index is 0.0453. The van der Waals surface area contributed by atoms with Crippen molar-refractivity contribution >= 4 is 11.6 Å². The second-order valence-corrected chi connectivity index (χ2v) is 6.53. The predicted molar refractivity (Wildman–Crippen MR) is 125 cm³/mol. The fraction of sp³-hybridized carbons (Fsp3) is 0.609. The van der Waals surface area contributed by atoms with Crippen LogP contribution in [0.1, 0.15) is 5.56 Å². The number of carbonyl (C=O) groups is 1. The van der Waals surface area contributed by atoms with Crippen molar-refractivity contribution in [2.75, 3.05) is 97.7 Å². The lowest BCUT2D eigenvalue weighted by Crippen LogP contribution is -2.20. The lowest BCUT2D eigenvalue weighted by atomic mass is 10.2. The molecule has 0 unspecified atom stereocenters. The highest BCUT2D eigenvalue weighted by atomic mass is 16.6. The van der Waals surface area contributed by atoms with Crippen LogP contribution in [0.2, 0.25) is 0 Å². The zero-order chi connectivity index (χ0) is 23.8. The molecule has 0 saturated carbocycles. The average Bonchev–Trinajstić information content (AvgIpc) is 2.83. The zero-order valence-corrected chi connectivity index (χ0v) is 19.2. The number of hydrogen-bond donors (Lipinski definition) is 3. The number of nitrogens with two attached hydrogens (primary N) is 2. The van der Waals surface area contributed by atoms with E-state index >= 15 is 0 Å². The van der Waals surface area contributed by atoms with Crippen LogP contribution in [0.25, 0.3) is 0 Å². The van der Waals surface area contributed by atoms with E-state index in [0.29, 0.717) is 91.5 Å². The van der Waals surface area contributed by atoms with Crippen molar-refractivity contribution in [3.05, 3.63) is 29.8 Å². The Balaban J connectivity index is 1.84. The highest BCUT2D eigenvalue weighted by molar-refractivity contribution is 5.91. The van der Waals surface area contributed by atoms with Gasteiger partial charge in [0.15, 0.2) is 0 Å². The fourth-order valence-corrected chi connectivity index (χ4v) is 2.33. The van der Waals surface area contributed by atoms with Crippen LogP contribution in [0, 0.1) is 11.8 Å². The first kappa shape index (κ1) is 29.0. The van der Waals surface area contributed by atoms with Crippen molar-refractivity contribution in [2.45, 2.75) is 0 Å². The molecular formula is C23H37N3O7. The molecule has 0 bridgehead atoms. The Morgan fingerprint density at radius 2 is 1.15 bits per heavy atom. The Kier molecular flexibility index (Phi) is 19.1. The topological polar surface area (TPSA) is 137 Å². The Morgan fingerprint density at radius 1 is 0.697 bits per heavy atom. The van der Waals surface area contributed by atoms with E-state index in [1.165, 1.54) is 0 Å². The zero-order valence-electron chi connectivity index (χ0n) is 19.2. The van der Waals surface area contributed by atoms with Gasteiger partial charge in [0.25, 0.3) is 0 Å². The molecular weight excluding hydrogens is 430 g/mol. The van der Waals surface area contributed by atoms with E-state index in [4.69, 9.17) is 39.9 Å². The van der Waals surface area contributed by atoms with E-state index in [2.05, 4.69) is 17.2 Å². The average molecular weight is 468 g/mol. The number of carbonyl (C=O) groups excluding carboxylic acids is 1. The van der Waals surface area contributed by atoms with Gasteiger partial charge < -0.3 is 45.2 Å². The van der Waals surface area contributed by atoms with Gasteiger partial charge in [-0.25, -0.2) is 0 Å². The second-order valence-electron chi connectivity index (χ2n) is 6.53. The van der Waals surface area contributed by atoms with Crippen molar-refractivity contribution in [3.63, 3.8) is 0 Å². The van der Waals surface area contributed by atoms with Gasteiger partial charge in [0, 0.05) is 17.8 Å². The number of anilines is 1. The molecule has 0 atom stereocenters. The summed E-state index contributed by atoms with van der Waals surface area (Å²) in [4.78, 5) is 11.9. The van der Waals surface area contributed by atoms with Crippen molar-refractivity contribution < 1.29 is 33.2 Å². The molecule has 1 aromatic rings. The van der Waals surface area contributed by atoms with Gasteiger partial charge in [-0.2, -0.15) is 0 Å². The van der Waals surface area contributed by atoms with Crippen LogP contribution < -0.4 is 16.8 Å². The smallest absolute Gasteiger partial charge is 0.250 e. The van der Waals surface area contributed by atoms with Crippen LogP contribution in [0.15, 0.2) is 24.3 Å². The summed E-state index contributed by atoms with van der Waals surface area (Å²) >= 11 is 0. The van der Waals surface area contributed by atoms with Gasteiger partial charge in [0.2, 0.25) is 5.91 Å². The van der Waals surface area contributed by atoms with Gasteiger partial charge in [-0.1, -0.05) is 11.8 Å². The molecule has 186 valence electrons. The molecule has 5 N–H and O–H groups in total. The SMILES string of the molecule is NCC#Cc1ccc(NC(=O)COCCOCCOCCOCCOCCOCCN)cc1. The summed E-state index contributed by atoms with van der Waals surface area (Å²) in [6.45, 7) is 6.03. The van der Waals surface area contributed by atoms with E-state index in [0.717, 1.165) is 5.56 Å². The van der Waals surface area contributed by atoms with Gasteiger partial charge in [-0.3, -0.25) is 4.79 Å². The summed E-state index contributed by atoms with van der Waals surface area (Å²) < 4.78 is 32.0. The van der Waals surface area contributed by atoms with Gasteiger partial charge in [-0.15, -0.1) is 0 Å². The number of rotatable bonds is 20. The lowest BCUT2D eigenvalue weighted by molar-refractivity contribution is -0.121. The first-order valence-corrected chi connectivity index (χ1v) is 11.0. The van der Waals surface area contributed by atoms with Gasteiger partial charge in [0.1, 0.15) is 6.61 Å². The van der Waals surface area contributed by atoms with Crippen LogP contribution in [-0.2, 0) is 33.2 Å². The molecule has 1 aromatic carbocycles. The molecule has 0 aliphatic carbocycles. The molecule has 0 radical (unpaired) electrons. The highest BCUT2D eigenvalue weighted by Crippen LogP contribution is 2.08. The van der Waals surface area contributed by atoms with E-state index in [-0.39, 0.29) is 12.5 Å². The third-order valence-corrected chi connectivity index (χ3v) is 3.86. The molecule has 0 aromatic heterocycles. The minimum Gasteiger partial charge on any atom is -0.378 e. The molecule has 0 aliphatic rings. The summed E-state index contributed by atoms with van der Waals surface area (Å²) in [5.74, 6) is 5.46. The van der Waals surface area contributed by atoms with Crippen LogP contribution in [0.4, 0.5) is 5.69 Å². The van der Waals surface area contributed by atoms with Gasteiger partial charge >= 0.3 is 0 Å². The molecule has 0 saturated heterocycles. The fourth-order valence-electron chi connectivity index (χ4n) is 2.33. The van der Waals surface area contributed by atoms with Gasteiger partial charge in [-0.05, 0) is 24.3 Å². The standard InChI is InChI=1S/C23H37N3O7/c24-7-1-2-21-3-5-22(6-4-21)26-23(27)20-33-19-18-32-17-16-31-15-14-30-13-12-29-11-10-28-9-8-25/h3-6H,7-20,24-25H2,(H,26,27). The predicted octanol–water partition coefficient (Wildman–Crippen LogP) is -0.00640. The third-order valence-electron chi connectivity index (χ3n) is 3.86. The summed E-state index contributed by atoms with van der Waals surface area (Å²) in [6.07, 6.45) is 0. The number of ether oxygens (including phenoxy) is 6. The molecule has 0 heterocycles. The number of amides is 1. The largest absolute Gasteiger partial charge is 0.378 e. The molecule has 1 amide bonds. The molecule has 0 aliphatic heterocycles. The lowest BCUT2D eigenvalue weighted by Gasteiger charge is -2.08.